The van der Waals surface area contributed by atoms with E-state index in [1.165, 1.54) is 29.4 Å². The van der Waals surface area contributed by atoms with Crippen LogP contribution in [0.3, 0.4) is 0 Å². The molecule has 1 aliphatic rings. The SMILES string of the molecule is Cn1cc(C2CCN(CCN)C2)c2ccccc21. The first-order chi connectivity index (χ1) is 8.79. The molecule has 1 atom stereocenters. The fraction of sp³-hybridized carbons (Fsp3) is 0.467. The highest BCUT2D eigenvalue weighted by Crippen LogP contribution is 2.33. The molecule has 0 aliphatic carbocycles. The van der Waals surface area contributed by atoms with Gasteiger partial charge in [0.1, 0.15) is 0 Å². The van der Waals surface area contributed by atoms with Crippen LogP contribution in [0.25, 0.3) is 10.9 Å². The Kier molecular flexibility index (Phi) is 3.10. The number of nitrogens with two attached hydrogens (primary N) is 1. The van der Waals surface area contributed by atoms with E-state index in [9.17, 15) is 0 Å². The monoisotopic (exact) mass is 243 g/mol. The predicted molar refractivity (Wildman–Crippen MR) is 75.8 cm³/mol. The summed E-state index contributed by atoms with van der Waals surface area (Å²) in [5.41, 5.74) is 8.49. The molecule has 1 aromatic heterocycles. The van der Waals surface area contributed by atoms with Crippen LogP contribution in [-0.2, 0) is 7.05 Å². The molecular formula is C15H21N3. The molecule has 3 nitrogen and oxygen atoms in total. The normalized spacial score (nSPS) is 20.9. The molecule has 0 spiro atoms. The maximum absolute atomic E-state index is 5.64. The highest BCUT2D eigenvalue weighted by atomic mass is 15.1. The van der Waals surface area contributed by atoms with Crippen molar-refractivity contribution in [2.45, 2.75) is 12.3 Å². The molecule has 1 saturated heterocycles. The van der Waals surface area contributed by atoms with Crippen molar-refractivity contribution < 1.29 is 0 Å². The molecule has 0 bridgehead atoms. The van der Waals surface area contributed by atoms with Gasteiger partial charge < -0.3 is 15.2 Å². The van der Waals surface area contributed by atoms with E-state index in [1.807, 2.05) is 0 Å². The van der Waals surface area contributed by atoms with Gasteiger partial charge in [0.15, 0.2) is 0 Å². The van der Waals surface area contributed by atoms with Crippen molar-refractivity contribution in [2.24, 2.45) is 12.8 Å². The standard InChI is InChI=1S/C15H21N3/c1-17-11-14(13-4-2-3-5-15(13)17)12-6-8-18(10-12)9-7-16/h2-5,11-12H,6-10,16H2,1H3. The summed E-state index contributed by atoms with van der Waals surface area (Å²) in [5, 5.41) is 1.42. The van der Waals surface area contributed by atoms with Gasteiger partial charge in [-0.25, -0.2) is 0 Å². The van der Waals surface area contributed by atoms with Gasteiger partial charge in [0.2, 0.25) is 0 Å². The van der Waals surface area contributed by atoms with Crippen molar-refractivity contribution in [3.05, 3.63) is 36.0 Å². The molecule has 96 valence electrons. The Balaban J connectivity index is 1.91. The lowest BCUT2D eigenvalue weighted by Crippen LogP contribution is -2.26. The zero-order valence-electron chi connectivity index (χ0n) is 11.0. The first kappa shape index (κ1) is 11.8. The van der Waals surface area contributed by atoms with E-state index < -0.39 is 0 Å². The van der Waals surface area contributed by atoms with Crippen LogP contribution in [0, 0.1) is 0 Å². The van der Waals surface area contributed by atoms with Crippen molar-refractivity contribution in [3.63, 3.8) is 0 Å². The summed E-state index contributed by atoms with van der Waals surface area (Å²) >= 11 is 0. The average molecular weight is 243 g/mol. The molecule has 3 rings (SSSR count). The molecular weight excluding hydrogens is 222 g/mol. The van der Waals surface area contributed by atoms with E-state index in [0.29, 0.717) is 5.92 Å². The third kappa shape index (κ3) is 1.93. The Morgan fingerprint density at radius 3 is 3.00 bits per heavy atom. The van der Waals surface area contributed by atoms with E-state index in [4.69, 9.17) is 5.73 Å². The number of rotatable bonds is 3. The fourth-order valence-electron chi connectivity index (χ4n) is 3.17. The van der Waals surface area contributed by atoms with Crippen molar-refractivity contribution in [3.8, 4) is 0 Å². The predicted octanol–water partition coefficient (Wildman–Crippen LogP) is 1.93. The van der Waals surface area contributed by atoms with Crippen molar-refractivity contribution in [1.29, 1.82) is 0 Å². The van der Waals surface area contributed by atoms with E-state index in [2.05, 4.69) is 47.0 Å². The Morgan fingerprint density at radius 1 is 1.33 bits per heavy atom. The number of aromatic nitrogens is 1. The highest BCUT2D eigenvalue weighted by molar-refractivity contribution is 5.84. The number of aryl methyl sites for hydroxylation is 1. The second-order valence-electron chi connectivity index (χ2n) is 5.29. The minimum absolute atomic E-state index is 0.669. The van der Waals surface area contributed by atoms with Gasteiger partial charge in [-0.2, -0.15) is 0 Å². The summed E-state index contributed by atoms with van der Waals surface area (Å²) in [4.78, 5) is 2.48. The molecule has 1 aliphatic heterocycles. The van der Waals surface area contributed by atoms with E-state index >= 15 is 0 Å². The fourth-order valence-corrected chi connectivity index (χ4v) is 3.17. The van der Waals surface area contributed by atoms with Gasteiger partial charge in [0, 0.05) is 43.8 Å². The molecule has 2 N–H and O–H groups in total. The molecule has 1 unspecified atom stereocenters. The summed E-state index contributed by atoms with van der Waals surface area (Å²) < 4.78 is 2.25. The molecule has 2 aromatic rings. The number of para-hydroxylation sites is 1. The molecule has 2 heterocycles. The summed E-state index contributed by atoms with van der Waals surface area (Å²) in [6, 6.07) is 8.70. The van der Waals surface area contributed by atoms with Crippen LogP contribution < -0.4 is 5.73 Å². The minimum Gasteiger partial charge on any atom is -0.350 e. The van der Waals surface area contributed by atoms with E-state index in [-0.39, 0.29) is 0 Å². The van der Waals surface area contributed by atoms with Gasteiger partial charge in [-0.1, -0.05) is 18.2 Å². The summed E-state index contributed by atoms with van der Waals surface area (Å²) in [6.45, 7) is 4.14. The quantitative estimate of drug-likeness (QED) is 0.893. The third-order valence-electron chi connectivity index (χ3n) is 4.09. The number of nitrogens with zero attached hydrogens (tertiary/aromatic N) is 2. The second kappa shape index (κ2) is 4.75. The van der Waals surface area contributed by atoms with Crippen LogP contribution in [0.2, 0.25) is 0 Å². The van der Waals surface area contributed by atoms with Crippen LogP contribution in [0.4, 0.5) is 0 Å². The van der Waals surface area contributed by atoms with Crippen LogP contribution in [0.15, 0.2) is 30.5 Å². The number of hydrogen-bond acceptors (Lipinski definition) is 2. The zero-order valence-corrected chi connectivity index (χ0v) is 11.0. The number of likely N-dealkylation sites (tertiary alicyclic amines) is 1. The molecule has 0 radical (unpaired) electrons. The number of hydrogen-bond donors (Lipinski definition) is 1. The summed E-state index contributed by atoms with van der Waals surface area (Å²) in [6.07, 6.45) is 3.56. The van der Waals surface area contributed by atoms with Crippen LogP contribution in [0.1, 0.15) is 17.9 Å². The van der Waals surface area contributed by atoms with Gasteiger partial charge in [-0.15, -0.1) is 0 Å². The first-order valence-corrected chi connectivity index (χ1v) is 6.76. The highest BCUT2D eigenvalue weighted by Gasteiger charge is 2.25. The van der Waals surface area contributed by atoms with Crippen molar-refractivity contribution in [2.75, 3.05) is 26.2 Å². The molecule has 1 aromatic carbocycles. The lowest BCUT2D eigenvalue weighted by Gasteiger charge is -2.14. The number of fused-ring (bicyclic) bond motifs is 1. The molecule has 0 amide bonds. The molecule has 3 heteroatoms. The van der Waals surface area contributed by atoms with Crippen LogP contribution >= 0.6 is 0 Å². The Labute approximate surface area is 108 Å². The molecule has 18 heavy (non-hydrogen) atoms. The molecule has 0 saturated carbocycles. The summed E-state index contributed by atoms with van der Waals surface area (Å²) in [5.74, 6) is 0.669. The van der Waals surface area contributed by atoms with Gasteiger partial charge in [0.05, 0.1) is 0 Å². The van der Waals surface area contributed by atoms with Gasteiger partial charge in [-0.3, -0.25) is 0 Å². The van der Waals surface area contributed by atoms with Crippen LogP contribution in [0.5, 0.6) is 0 Å². The summed E-state index contributed by atoms with van der Waals surface area (Å²) in [7, 11) is 2.14. The maximum atomic E-state index is 5.64. The number of benzene rings is 1. The molecule has 1 fully saturated rings. The van der Waals surface area contributed by atoms with Gasteiger partial charge in [0.25, 0.3) is 0 Å². The van der Waals surface area contributed by atoms with Crippen LogP contribution in [-0.4, -0.2) is 35.6 Å². The largest absolute Gasteiger partial charge is 0.350 e. The second-order valence-corrected chi connectivity index (χ2v) is 5.29. The smallest absolute Gasteiger partial charge is 0.0480 e. The lowest BCUT2D eigenvalue weighted by molar-refractivity contribution is 0.344. The van der Waals surface area contributed by atoms with E-state index in [0.717, 1.165) is 19.6 Å². The van der Waals surface area contributed by atoms with Gasteiger partial charge >= 0.3 is 0 Å². The topological polar surface area (TPSA) is 34.2 Å². The van der Waals surface area contributed by atoms with Gasteiger partial charge in [-0.05, 0) is 30.5 Å². The van der Waals surface area contributed by atoms with Crippen molar-refractivity contribution in [1.82, 2.24) is 9.47 Å². The Morgan fingerprint density at radius 2 is 2.17 bits per heavy atom. The first-order valence-electron chi connectivity index (χ1n) is 6.76. The third-order valence-corrected chi connectivity index (χ3v) is 4.09. The Bertz CT molecular complexity index is 544. The minimum atomic E-state index is 0.669. The Hall–Kier alpha value is -1.32. The maximum Gasteiger partial charge on any atom is 0.0480 e. The van der Waals surface area contributed by atoms with Crippen molar-refractivity contribution >= 4 is 10.9 Å². The average Bonchev–Trinajstić information content (AvgIpc) is 2.96. The van der Waals surface area contributed by atoms with E-state index in [1.54, 1.807) is 0 Å². The zero-order chi connectivity index (χ0) is 12.5. The lowest BCUT2D eigenvalue weighted by atomic mass is 9.98.